The number of halogens is 3. The first-order chi connectivity index (χ1) is 14.0. The number of rotatable bonds is 7. The predicted octanol–water partition coefficient (Wildman–Crippen LogP) is -1.05. The molecule has 2 rings (SSSR count). The number of aliphatic carboxylic acids is 2. The molecule has 1 unspecified atom stereocenters. The summed E-state index contributed by atoms with van der Waals surface area (Å²) >= 11 is 9.94. The van der Waals surface area contributed by atoms with Crippen LogP contribution in [0.25, 0.3) is 0 Å². The van der Waals surface area contributed by atoms with Gasteiger partial charge >= 0.3 is 35.5 Å². The van der Waals surface area contributed by atoms with Crippen LogP contribution in [0.2, 0.25) is 0 Å². The molecule has 8 nitrogen and oxygen atoms in total. The van der Waals surface area contributed by atoms with E-state index in [2.05, 4.69) is 57.8 Å². The largest absolute Gasteiger partial charge is 1.00 e. The van der Waals surface area contributed by atoms with Crippen LogP contribution in [0.4, 0.5) is 0 Å². The maximum atomic E-state index is 10.8. The van der Waals surface area contributed by atoms with Crippen LogP contribution in [0.1, 0.15) is 5.56 Å². The quantitative estimate of drug-likeness (QED) is 0.135. The van der Waals surface area contributed by atoms with Crippen molar-refractivity contribution in [1.82, 2.24) is 0 Å². The number of hydrogen-bond acceptors (Lipinski definition) is 8. The Morgan fingerprint density at radius 2 is 1.61 bits per heavy atom. The van der Waals surface area contributed by atoms with Crippen LogP contribution in [0.3, 0.4) is 0 Å². The number of carboxylic acids is 2. The molecular weight excluding hydrogens is 776 g/mol. The van der Waals surface area contributed by atoms with E-state index in [0.717, 1.165) is 12.7 Å². The molecule has 0 spiro atoms. The number of carboxylic acid groups (broad SMARTS) is 2. The minimum atomic E-state index is -1.27. The number of phenols is 1. The van der Waals surface area contributed by atoms with Gasteiger partial charge in [-0.2, -0.15) is 12.6 Å². The van der Waals surface area contributed by atoms with Gasteiger partial charge in [0.05, 0.1) is 16.7 Å². The van der Waals surface area contributed by atoms with E-state index in [1.165, 1.54) is 0 Å². The van der Waals surface area contributed by atoms with Crippen LogP contribution in [0.5, 0.6) is 17.2 Å². The summed E-state index contributed by atoms with van der Waals surface area (Å²) in [4.78, 5) is 20.5. The molecule has 0 radical (unpaired) electrons. The number of benzene rings is 2. The maximum Gasteiger partial charge on any atom is 1.00 e. The van der Waals surface area contributed by atoms with Crippen molar-refractivity contribution in [3.05, 3.63) is 46.6 Å². The van der Waals surface area contributed by atoms with E-state index in [1.54, 1.807) is 18.2 Å². The second-order valence-electron chi connectivity index (χ2n) is 5.86. The van der Waals surface area contributed by atoms with Gasteiger partial charge in [-0.05, 0) is 110 Å². The van der Waals surface area contributed by atoms with Crippen molar-refractivity contribution in [2.75, 3.05) is 5.75 Å². The van der Waals surface area contributed by atoms with Crippen molar-refractivity contribution in [2.24, 2.45) is 11.5 Å². The molecule has 0 saturated carbocycles. The summed E-state index contributed by atoms with van der Waals surface area (Å²) in [5.74, 6) is -0.589. The Hall–Kier alpha value is 0.440. The Morgan fingerprint density at radius 1 is 1.06 bits per heavy atom. The summed E-state index contributed by atoms with van der Waals surface area (Å²) in [6.07, 6.45) is 0.200. The third-order valence-electron chi connectivity index (χ3n) is 3.47. The Kier molecular flexibility index (Phi) is 15.6. The van der Waals surface area contributed by atoms with Gasteiger partial charge in [-0.15, -0.1) is 0 Å². The van der Waals surface area contributed by atoms with Gasteiger partial charge in [0.2, 0.25) is 0 Å². The van der Waals surface area contributed by atoms with Crippen molar-refractivity contribution >= 4 is 92.3 Å². The van der Waals surface area contributed by atoms with Gasteiger partial charge in [-0.25, -0.2) is 0 Å². The Bertz CT molecular complexity index is 899. The topological polar surface area (TPSA) is 159 Å². The summed E-state index contributed by atoms with van der Waals surface area (Å²) in [7, 11) is 0. The average Bonchev–Trinajstić information content (AvgIpc) is 2.67. The monoisotopic (exact) mass is 794 g/mol. The number of phenolic OH excluding ortho intramolecular Hbond substituents is 1. The molecule has 0 fully saturated rings. The van der Waals surface area contributed by atoms with E-state index in [9.17, 15) is 19.8 Å². The van der Waals surface area contributed by atoms with E-state index >= 15 is 0 Å². The zero-order valence-corrected chi connectivity index (χ0v) is 25.6. The molecule has 0 aliphatic carbocycles. The van der Waals surface area contributed by atoms with E-state index in [0.29, 0.717) is 15.1 Å². The Balaban J connectivity index is 0.000000975. The number of nitrogens with two attached hydrogens (primary N) is 2. The smallest absolute Gasteiger partial charge is 0.548 e. The molecule has 0 heterocycles. The number of thiol groups is 1. The molecule has 0 saturated heterocycles. The van der Waals surface area contributed by atoms with Crippen molar-refractivity contribution in [1.29, 1.82) is 0 Å². The van der Waals surface area contributed by atoms with Gasteiger partial charge < -0.3 is 36.3 Å². The molecule has 0 aromatic heterocycles. The van der Waals surface area contributed by atoms with Crippen LogP contribution < -0.4 is 50.9 Å². The van der Waals surface area contributed by atoms with Gasteiger partial charge in [-0.1, -0.05) is 0 Å². The fraction of sp³-hybridized carbons (Fsp3) is 0.222. The SMILES string of the molecule is NC(CS)C(=O)O.N[C@@H](Cc1cc(I)c(Oc2ccc(O)c(I)c2)c(I)c1)C(=O)[O-].[Na+]. The summed E-state index contributed by atoms with van der Waals surface area (Å²) < 4.78 is 8.28. The molecule has 13 heteroatoms. The fourth-order valence-electron chi connectivity index (χ4n) is 1.91. The van der Waals surface area contributed by atoms with E-state index < -0.39 is 24.0 Å². The Morgan fingerprint density at radius 3 is 2.00 bits per heavy atom. The van der Waals surface area contributed by atoms with Gasteiger partial charge in [0, 0.05) is 11.8 Å². The summed E-state index contributed by atoms with van der Waals surface area (Å²) in [6.45, 7) is 0. The van der Waals surface area contributed by atoms with E-state index in [4.69, 9.17) is 21.3 Å². The Labute approximate surface area is 248 Å². The average molecular weight is 794 g/mol. The molecule has 2 aromatic carbocycles. The minimum Gasteiger partial charge on any atom is -0.548 e. The second kappa shape index (κ2) is 15.4. The third-order valence-corrected chi connectivity index (χ3v) is 6.33. The summed E-state index contributed by atoms with van der Waals surface area (Å²) in [5.41, 5.74) is 11.3. The minimum absolute atomic E-state index is 0. The molecule has 2 atom stereocenters. The standard InChI is InChI=1S/C15H12I3NO4.C3H7NO2S.Na/c16-9-6-8(1-2-13(9)20)23-14-10(17)3-7(4-11(14)18)5-12(19)15(21)22;4-2(1-7)3(5)6;/h1-4,6,12,20H,5,19H2,(H,21,22);2,7H,1,4H2,(H,5,6);/q;;+1/p-1/t12-;;/m0../s1. The fourth-order valence-corrected chi connectivity index (χ4v) is 4.67. The maximum absolute atomic E-state index is 10.8. The number of carbonyl (C=O) groups is 2. The normalized spacial score (nSPS) is 11.9. The molecule has 0 aliphatic rings. The van der Waals surface area contributed by atoms with Gasteiger partial charge in [0.15, 0.2) is 5.75 Å². The number of aromatic hydroxyl groups is 1. The number of ether oxygens (including phenoxy) is 1. The van der Waals surface area contributed by atoms with Crippen LogP contribution in [-0.2, 0) is 16.0 Å². The molecule has 2 aromatic rings. The number of hydrogen-bond donors (Lipinski definition) is 5. The molecule has 0 bridgehead atoms. The molecule has 31 heavy (non-hydrogen) atoms. The first-order valence-electron chi connectivity index (χ1n) is 8.16. The molecule has 0 aliphatic heterocycles. The zero-order valence-electron chi connectivity index (χ0n) is 16.2. The first kappa shape index (κ1) is 31.4. The van der Waals surface area contributed by atoms with Crippen molar-refractivity contribution < 1.29 is 59.2 Å². The zero-order chi connectivity index (χ0) is 23.0. The van der Waals surface area contributed by atoms with Crippen LogP contribution in [-0.4, -0.2) is 40.0 Å². The molecule has 164 valence electrons. The van der Waals surface area contributed by atoms with Gasteiger partial charge in [0.25, 0.3) is 0 Å². The van der Waals surface area contributed by atoms with Gasteiger partial charge in [-0.3, -0.25) is 4.79 Å². The summed E-state index contributed by atoms with van der Waals surface area (Å²) in [6, 6.07) is 6.82. The number of carbonyl (C=O) groups excluding carboxylic acids is 1. The summed E-state index contributed by atoms with van der Waals surface area (Å²) in [5, 5.41) is 28.3. The molecule has 0 amide bonds. The van der Waals surface area contributed by atoms with Crippen LogP contribution in [0.15, 0.2) is 30.3 Å². The van der Waals surface area contributed by atoms with Crippen LogP contribution in [0, 0.1) is 10.7 Å². The van der Waals surface area contributed by atoms with Crippen molar-refractivity contribution in [3.8, 4) is 17.2 Å². The predicted molar refractivity (Wildman–Crippen MR) is 139 cm³/mol. The van der Waals surface area contributed by atoms with E-state index in [-0.39, 0.29) is 47.5 Å². The van der Waals surface area contributed by atoms with Crippen molar-refractivity contribution in [3.63, 3.8) is 0 Å². The van der Waals surface area contributed by atoms with E-state index in [1.807, 2.05) is 34.7 Å². The second-order valence-corrected chi connectivity index (χ2v) is 9.71. The van der Waals surface area contributed by atoms with Crippen LogP contribution >= 0.6 is 80.4 Å². The van der Waals surface area contributed by atoms with Crippen molar-refractivity contribution in [2.45, 2.75) is 18.5 Å². The first-order valence-corrected chi connectivity index (χ1v) is 12.0. The molecular formula is C18H18I3N2NaO6S. The third kappa shape index (κ3) is 10.9. The molecule has 6 N–H and O–H groups in total. The van der Waals surface area contributed by atoms with Gasteiger partial charge in [0.1, 0.15) is 17.5 Å².